The highest BCUT2D eigenvalue weighted by molar-refractivity contribution is 5.93. The number of hydrogen-bond donors (Lipinski definition) is 0. The van der Waals surface area contributed by atoms with Crippen LogP contribution in [0.25, 0.3) is 0 Å². The molecule has 0 aromatic carbocycles. The fourth-order valence-corrected chi connectivity index (χ4v) is 1.94. The van der Waals surface area contributed by atoms with Crippen molar-refractivity contribution in [3.05, 3.63) is 23.7 Å². The van der Waals surface area contributed by atoms with Gasteiger partial charge in [-0.3, -0.25) is 9.59 Å². The monoisotopic (exact) mass is 207 g/mol. The van der Waals surface area contributed by atoms with Crippen molar-refractivity contribution in [3.63, 3.8) is 0 Å². The first kappa shape index (κ1) is 9.96. The molecule has 80 valence electrons. The maximum Gasteiger partial charge on any atom is 0.230 e. The fraction of sp³-hybridized carbons (Fsp3) is 0.455. The first-order valence-corrected chi connectivity index (χ1v) is 4.87. The van der Waals surface area contributed by atoms with Crippen molar-refractivity contribution in [1.29, 1.82) is 0 Å². The lowest BCUT2D eigenvalue weighted by atomic mass is 9.84. The van der Waals surface area contributed by atoms with Crippen LogP contribution in [0, 0.1) is 0 Å². The Bertz CT molecular complexity index is 406. The zero-order valence-corrected chi connectivity index (χ0v) is 8.82. The summed E-state index contributed by atoms with van der Waals surface area (Å²) in [5, 5.41) is 0. The lowest BCUT2D eigenvalue weighted by Crippen LogP contribution is -2.32. The minimum Gasteiger partial charge on any atom is -0.472 e. The summed E-state index contributed by atoms with van der Waals surface area (Å²) in [5.41, 5.74) is 1.72. The van der Waals surface area contributed by atoms with Crippen molar-refractivity contribution >= 4 is 11.7 Å². The minimum atomic E-state index is -0.352. The van der Waals surface area contributed by atoms with E-state index in [4.69, 9.17) is 4.42 Å². The van der Waals surface area contributed by atoms with E-state index in [9.17, 15) is 9.59 Å². The van der Waals surface area contributed by atoms with Gasteiger partial charge in [0.2, 0.25) is 5.91 Å². The number of hydrogen-bond acceptors (Lipinski definition) is 3. The molecule has 4 heteroatoms. The lowest BCUT2D eigenvalue weighted by Gasteiger charge is -2.23. The van der Waals surface area contributed by atoms with Gasteiger partial charge in [-0.2, -0.15) is 0 Å². The molecule has 1 amide bonds. The Labute approximate surface area is 87.9 Å². The van der Waals surface area contributed by atoms with Crippen molar-refractivity contribution in [2.24, 2.45) is 0 Å². The number of Topliss-reactive ketones (excluding diaryl/α,β-unsaturated/α-hetero) is 1. The van der Waals surface area contributed by atoms with Gasteiger partial charge in [-0.25, -0.2) is 0 Å². The Morgan fingerprint density at radius 1 is 1.47 bits per heavy atom. The molecule has 0 fully saturated rings. The minimum absolute atomic E-state index is 0.0364. The van der Waals surface area contributed by atoms with Gasteiger partial charge in [0, 0.05) is 38.1 Å². The molecule has 1 heterocycles. The van der Waals surface area contributed by atoms with Gasteiger partial charge < -0.3 is 9.32 Å². The van der Waals surface area contributed by atoms with E-state index in [1.54, 1.807) is 26.6 Å². The van der Waals surface area contributed by atoms with Crippen molar-refractivity contribution in [1.82, 2.24) is 4.90 Å². The number of carbonyl (C=O) groups is 2. The van der Waals surface area contributed by atoms with Gasteiger partial charge in [0.1, 0.15) is 5.78 Å². The quantitative estimate of drug-likeness (QED) is 0.689. The maximum atomic E-state index is 11.8. The standard InChI is InChI=1S/C11H13NO3/c1-12(2)11(14)9-4-8(13)3-7-5-15-6-10(7)9/h5-6,9H,3-4H2,1-2H3. The van der Waals surface area contributed by atoms with E-state index in [0.29, 0.717) is 12.8 Å². The average Bonchev–Trinajstić information content (AvgIpc) is 2.62. The summed E-state index contributed by atoms with van der Waals surface area (Å²) in [7, 11) is 3.39. The summed E-state index contributed by atoms with van der Waals surface area (Å²) < 4.78 is 5.05. The first-order valence-electron chi connectivity index (χ1n) is 4.87. The van der Waals surface area contributed by atoms with Crippen molar-refractivity contribution in [2.45, 2.75) is 18.8 Å². The third kappa shape index (κ3) is 1.67. The van der Waals surface area contributed by atoms with Crippen LogP contribution < -0.4 is 0 Å². The van der Waals surface area contributed by atoms with Crippen LogP contribution in [-0.2, 0) is 16.0 Å². The van der Waals surface area contributed by atoms with E-state index in [1.807, 2.05) is 0 Å². The molecule has 0 saturated carbocycles. The Morgan fingerprint density at radius 2 is 2.20 bits per heavy atom. The zero-order valence-electron chi connectivity index (χ0n) is 8.82. The predicted molar refractivity (Wildman–Crippen MR) is 53.5 cm³/mol. The highest BCUT2D eigenvalue weighted by Gasteiger charge is 2.32. The highest BCUT2D eigenvalue weighted by atomic mass is 16.3. The molecule has 1 aromatic rings. The summed E-state index contributed by atoms with van der Waals surface area (Å²) in [6, 6.07) is 0. The molecule has 0 bridgehead atoms. The number of furan rings is 1. The average molecular weight is 207 g/mol. The summed E-state index contributed by atoms with van der Waals surface area (Å²) >= 11 is 0. The molecular formula is C11H13NO3. The second-order valence-corrected chi connectivity index (χ2v) is 4.06. The summed E-state index contributed by atoms with van der Waals surface area (Å²) in [6.07, 6.45) is 3.82. The summed E-state index contributed by atoms with van der Waals surface area (Å²) in [5.74, 6) is -0.287. The molecule has 0 N–H and O–H groups in total. The Morgan fingerprint density at radius 3 is 2.87 bits per heavy atom. The molecule has 1 unspecified atom stereocenters. The van der Waals surface area contributed by atoms with Crippen molar-refractivity contribution in [2.75, 3.05) is 14.1 Å². The fourth-order valence-electron chi connectivity index (χ4n) is 1.94. The van der Waals surface area contributed by atoms with Gasteiger partial charge in [0.25, 0.3) is 0 Å². The van der Waals surface area contributed by atoms with Crippen LogP contribution in [0.5, 0.6) is 0 Å². The molecule has 2 rings (SSSR count). The number of rotatable bonds is 1. The molecule has 15 heavy (non-hydrogen) atoms. The highest BCUT2D eigenvalue weighted by Crippen LogP contribution is 2.31. The van der Waals surface area contributed by atoms with Gasteiger partial charge in [0.15, 0.2) is 0 Å². The topological polar surface area (TPSA) is 50.5 Å². The molecule has 0 spiro atoms. The summed E-state index contributed by atoms with van der Waals surface area (Å²) in [6.45, 7) is 0. The Kier molecular flexibility index (Phi) is 2.34. The third-order valence-electron chi connectivity index (χ3n) is 2.71. The Hall–Kier alpha value is -1.58. The zero-order chi connectivity index (χ0) is 11.0. The molecular weight excluding hydrogens is 194 g/mol. The number of amides is 1. The molecule has 1 atom stereocenters. The van der Waals surface area contributed by atoms with E-state index < -0.39 is 0 Å². The summed E-state index contributed by atoms with van der Waals surface area (Å²) in [4.78, 5) is 24.8. The van der Waals surface area contributed by atoms with Crippen LogP contribution in [0.4, 0.5) is 0 Å². The first-order chi connectivity index (χ1) is 7.09. The molecule has 1 aliphatic carbocycles. The van der Waals surface area contributed by atoms with Gasteiger partial charge in [0.05, 0.1) is 18.4 Å². The number of nitrogens with zero attached hydrogens (tertiary/aromatic N) is 1. The second-order valence-electron chi connectivity index (χ2n) is 4.06. The molecule has 0 saturated heterocycles. The number of carbonyl (C=O) groups excluding carboxylic acids is 2. The lowest BCUT2D eigenvalue weighted by molar-refractivity contribution is -0.133. The normalized spacial score (nSPS) is 19.9. The van der Waals surface area contributed by atoms with Crippen LogP contribution in [0.15, 0.2) is 16.9 Å². The van der Waals surface area contributed by atoms with Crippen LogP contribution in [-0.4, -0.2) is 30.7 Å². The van der Waals surface area contributed by atoms with E-state index in [-0.39, 0.29) is 17.6 Å². The smallest absolute Gasteiger partial charge is 0.230 e. The van der Waals surface area contributed by atoms with E-state index in [1.165, 1.54) is 4.90 Å². The van der Waals surface area contributed by atoms with Crippen LogP contribution in [0.1, 0.15) is 23.5 Å². The van der Waals surface area contributed by atoms with Gasteiger partial charge in [-0.05, 0) is 0 Å². The van der Waals surface area contributed by atoms with Gasteiger partial charge in [-0.15, -0.1) is 0 Å². The van der Waals surface area contributed by atoms with Crippen LogP contribution >= 0.6 is 0 Å². The second kappa shape index (κ2) is 3.53. The van der Waals surface area contributed by atoms with E-state index in [0.717, 1.165) is 11.1 Å². The number of likely N-dealkylation sites (N-methyl/N-ethyl adjacent to an activating group) is 1. The van der Waals surface area contributed by atoms with Crippen molar-refractivity contribution < 1.29 is 14.0 Å². The molecule has 1 aromatic heterocycles. The number of ketones is 1. The maximum absolute atomic E-state index is 11.8. The number of fused-ring (bicyclic) bond motifs is 1. The largest absolute Gasteiger partial charge is 0.472 e. The molecule has 0 aliphatic heterocycles. The van der Waals surface area contributed by atoms with Gasteiger partial charge >= 0.3 is 0 Å². The molecule has 1 aliphatic rings. The van der Waals surface area contributed by atoms with Crippen LogP contribution in [0.2, 0.25) is 0 Å². The van der Waals surface area contributed by atoms with Gasteiger partial charge in [-0.1, -0.05) is 0 Å². The molecule has 4 nitrogen and oxygen atoms in total. The SMILES string of the molecule is CN(C)C(=O)C1CC(=O)Cc2cocc21. The third-order valence-corrected chi connectivity index (χ3v) is 2.71. The van der Waals surface area contributed by atoms with E-state index >= 15 is 0 Å². The van der Waals surface area contributed by atoms with E-state index in [2.05, 4.69) is 0 Å². The Balaban J connectivity index is 2.35. The molecule has 0 radical (unpaired) electrons. The predicted octanol–water partition coefficient (Wildman–Crippen LogP) is 0.967. The van der Waals surface area contributed by atoms with Crippen molar-refractivity contribution in [3.8, 4) is 0 Å². The van der Waals surface area contributed by atoms with Crippen LogP contribution in [0.3, 0.4) is 0 Å².